The van der Waals surface area contributed by atoms with Crippen molar-refractivity contribution < 1.29 is 4.79 Å². The highest BCUT2D eigenvalue weighted by Crippen LogP contribution is 2.37. The number of anilines is 1. The lowest BCUT2D eigenvalue weighted by Gasteiger charge is -2.29. The van der Waals surface area contributed by atoms with E-state index in [9.17, 15) is 4.79 Å². The van der Waals surface area contributed by atoms with Gasteiger partial charge in [0, 0.05) is 18.3 Å². The summed E-state index contributed by atoms with van der Waals surface area (Å²) in [4.78, 5) is 10.9. The normalized spacial score (nSPS) is 17.9. The molecule has 0 bridgehead atoms. The highest BCUT2D eigenvalue weighted by molar-refractivity contribution is 5.87. The van der Waals surface area contributed by atoms with Gasteiger partial charge in [-0.05, 0) is 24.7 Å². The first-order chi connectivity index (χ1) is 7.39. The van der Waals surface area contributed by atoms with Crippen molar-refractivity contribution in [3.8, 4) is 0 Å². The van der Waals surface area contributed by atoms with Crippen molar-refractivity contribution in [3.05, 3.63) is 11.3 Å². The van der Waals surface area contributed by atoms with Gasteiger partial charge in [0.05, 0.1) is 0 Å². The molecule has 1 heterocycles. The molecule has 0 aromatic carbocycles. The van der Waals surface area contributed by atoms with E-state index in [1.54, 1.807) is 0 Å². The summed E-state index contributed by atoms with van der Waals surface area (Å²) in [5.74, 6) is 0.623. The second-order valence-corrected chi connectivity index (χ2v) is 5.23. The predicted octanol–water partition coefficient (Wildman–Crippen LogP) is 1.43. The molecule has 0 atom stereocenters. The number of fused-ring (bicyclic) bond motifs is 1. The minimum Gasteiger partial charge on any atom is -0.351 e. The molecule has 1 aromatic rings. The van der Waals surface area contributed by atoms with Crippen molar-refractivity contribution in [2.24, 2.45) is 18.2 Å². The number of urea groups is 1. The Labute approximate surface area is 95.0 Å². The number of hydrogen-bond donors (Lipinski definition) is 2. The summed E-state index contributed by atoms with van der Waals surface area (Å²) in [7, 11) is 1.91. The lowest BCUT2D eigenvalue weighted by molar-refractivity contribution is 0.259. The molecule has 5 heteroatoms. The number of rotatable bonds is 1. The molecule has 3 N–H and O–H groups in total. The molecule has 0 saturated carbocycles. The number of nitrogens with one attached hydrogen (secondary N) is 1. The quantitative estimate of drug-likeness (QED) is 0.754. The highest BCUT2D eigenvalue weighted by atomic mass is 16.2. The fourth-order valence-corrected chi connectivity index (χ4v) is 2.34. The second-order valence-electron chi connectivity index (χ2n) is 5.23. The van der Waals surface area contributed by atoms with Crippen molar-refractivity contribution in [2.75, 3.05) is 5.32 Å². The van der Waals surface area contributed by atoms with Gasteiger partial charge in [0.25, 0.3) is 0 Å². The second kappa shape index (κ2) is 3.50. The predicted molar refractivity (Wildman–Crippen MR) is 62.2 cm³/mol. The average molecular weight is 222 g/mol. The molecular weight excluding hydrogens is 204 g/mol. The molecule has 1 aromatic heterocycles. The number of carbonyl (C=O) groups excluding carboxylic acids is 1. The molecule has 0 aliphatic heterocycles. The summed E-state index contributed by atoms with van der Waals surface area (Å²) in [6.45, 7) is 4.47. The molecule has 2 rings (SSSR count). The van der Waals surface area contributed by atoms with Gasteiger partial charge in [0.2, 0.25) is 0 Å². The number of carbonyl (C=O) groups is 1. The van der Waals surface area contributed by atoms with Crippen LogP contribution in [-0.4, -0.2) is 15.8 Å². The van der Waals surface area contributed by atoms with Gasteiger partial charge in [-0.2, -0.15) is 5.10 Å². The van der Waals surface area contributed by atoms with Crippen molar-refractivity contribution >= 4 is 11.8 Å². The molecule has 0 saturated heterocycles. The van der Waals surface area contributed by atoms with Gasteiger partial charge in [-0.25, -0.2) is 4.79 Å². The SMILES string of the molecule is Cn1nc(NC(N)=O)c2c1CCC(C)(C)C2. The third kappa shape index (κ3) is 1.89. The largest absolute Gasteiger partial charge is 0.351 e. The minimum atomic E-state index is -0.552. The van der Waals surface area contributed by atoms with Gasteiger partial charge >= 0.3 is 6.03 Å². The zero-order valence-corrected chi connectivity index (χ0v) is 10.0. The summed E-state index contributed by atoms with van der Waals surface area (Å²) < 4.78 is 1.84. The summed E-state index contributed by atoms with van der Waals surface area (Å²) in [5.41, 5.74) is 7.75. The fourth-order valence-electron chi connectivity index (χ4n) is 2.34. The Morgan fingerprint density at radius 2 is 2.25 bits per heavy atom. The van der Waals surface area contributed by atoms with E-state index in [4.69, 9.17) is 5.73 Å². The minimum absolute atomic E-state index is 0.268. The lowest BCUT2D eigenvalue weighted by atomic mass is 9.76. The van der Waals surface area contributed by atoms with E-state index in [1.807, 2.05) is 11.7 Å². The van der Waals surface area contributed by atoms with Crippen LogP contribution in [-0.2, 0) is 19.9 Å². The molecule has 0 spiro atoms. The van der Waals surface area contributed by atoms with Crippen LogP contribution in [0.25, 0.3) is 0 Å². The Morgan fingerprint density at radius 3 is 2.88 bits per heavy atom. The Morgan fingerprint density at radius 1 is 1.56 bits per heavy atom. The topological polar surface area (TPSA) is 72.9 Å². The van der Waals surface area contributed by atoms with Crippen LogP contribution in [0, 0.1) is 5.41 Å². The van der Waals surface area contributed by atoms with E-state index in [0.29, 0.717) is 5.82 Å². The number of aromatic nitrogens is 2. The number of hydrogen-bond acceptors (Lipinski definition) is 2. The summed E-state index contributed by atoms with van der Waals surface area (Å²) in [6, 6.07) is -0.552. The first-order valence-electron chi connectivity index (χ1n) is 5.50. The van der Waals surface area contributed by atoms with Gasteiger partial charge in [-0.3, -0.25) is 10.00 Å². The Balaban J connectivity index is 2.39. The van der Waals surface area contributed by atoms with Crippen LogP contribution < -0.4 is 11.1 Å². The number of aryl methyl sites for hydroxylation is 1. The van der Waals surface area contributed by atoms with Crippen LogP contribution in [0.4, 0.5) is 10.6 Å². The van der Waals surface area contributed by atoms with Crippen molar-refractivity contribution in [1.82, 2.24) is 9.78 Å². The summed E-state index contributed by atoms with van der Waals surface area (Å²) in [5, 5.41) is 6.90. The maximum Gasteiger partial charge on any atom is 0.317 e. The molecule has 5 nitrogen and oxygen atoms in total. The summed E-state index contributed by atoms with van der Waals surface area (Å²) in [6.07, 6.45) is 3.09. The highest BCUT2D eigenvalue weighted by Gasteiger charge is 2.30. The van der Waals surface area contributed by atoms with Crippen molar-refractivity contribution in [3.63, 3.8) is 0 Å². The number of amides is 2. The maximum atomic E-state index is 10.9. The standard InChI is InChI=1S/C11H18N4O/c1-11(2)5-4-8-7(6-11)9(13-10(12)16)14-15(8)3/h4-6H2,1-3H3,(H3,12,13,14,16). The molecule has 1 aliphatic carbocycles. The van der Waals surface area contributed by atoms with Crippen LogP contribution >= 0.6 is 0 Å². The van der Waals surface area contributed by atoms with E-state index in [1.165, 1.54) is 5.69 Å². The van der Waals surface area contributed by atoms with E-state index in [-0.39, 0.29) is 5.41 Å². The molecule has 88 valence electrons. The Hall–Kier alpha value is -1.52. The number of nitrogens with two attached hydrogens (primary N) is 1. The Kier molecular flexibility index (Phi) is 2.40. The molecule has 0 radical (unpaired) electrons. The molecule has 2 amide bonds. The zero-order chi connectivity index (χ0) is 11.9. The van der Waals surface area contributed by atoms with Crippen LogP contribution in [0.5, 0.6) is 0 Å². The van der Waals surface area contributed by atoms with Crippen molar-refractivity contribution in [2.45, 2.75) is 33.1 Å². The maximum absolute atomic E-state index is 10.9. The molecular formula is C11H18N4O. The molecule has 16 heavy (non-hydrogen) atoms. The monoisotopic (exact) mass is 222 g/mol. The molecule has 1 aliphatic rings. The van der Waals surface area contributed by atoms with Crippen LogP contribution in [0.15, 0.2) is 0 Å². The first kappa shape index (κ1) is 11.0. The van der Waals surface area contributed by atoms with Crippen LogP contribution in [0.2, 0.25) is 0 Å². The average Bonchev–Trinajstić information content (AvgIpc) is 2.40. The summed E-state index contributed by atoms with van der Waals surface area (Å²) >= 11 is 0. The number of nitrogens with zero attached hydrogens (tertiary/aromatic N) is 2. The van der Waals surface area contributed by atoms with E-state index in [2.05, 4.69) is 24.3 Å². The third-order valence-corrected chi connectivity index (χ3v) is 3.21. The van der Waals surface area contributed by atoms with Gasteiger partial charge in [-0.15, -0.1) is 0 Å². The first-order valence-corrected chi connectivity index (χ1v) is 5.50. The van der Waals surface area contributed by atoms with Crippen LogP contribution in [0.1, 0.15) is 31.5 Å². The zero-order valence-electron chi connectivity index (χ0n) is 10.0. The van der Waals surface area contributed by atoms with E-state index in [0.717, 1.165) is 24.8 Å². The van der Waals surface area contributed by atoms with Gasteiger partial charge in [-0.1, -0.05) is 13.8 Å². The lowest BCUT2D eigenvalue weighted by Crippen LogP contribution is -2.25. The molecule has 0 fully saturated rings. The van der Waals surface area contributed by atoms with Crippen molar-refractivity contribution in [1.29, 1.82) is 0 Å². The van der Waals surface area contributed by atoms with Gasteiger partial charge < -0.3 is 5.73 Å². The molecule has 0 unspecified atom stereocenters. The fraction of sp³-hybridized carbons (Fsp3) is 0.636. The Bertz CT molecular complexity index is 433. The van der Waals surface area contributed by atoms with E-state index < -0.39 is 6.03 Å². The van der Waals surface area contributed by atoms with Crippen LogP contribution in [0.3, 0.4) is 0 Å². The number of primary amides is 1. The van der Waals surface area contributed by atoms with Gasteiger partial charge in [0.1, 0.15) is 0 Å². The smallest absolute Gasteiger partial charge is 0.317 e. The van der Waals surface area contributed by atoms with E-state index >= 15 is 0 Å². The third-order valence-electron chi connectivity index (χ3n) is 3.21. The van der Waals surface area contributed by atoms with Gasteiger partial charge in [0.15, 0.2) is 5.82 Å².